The Morgan fingerprint density at radius 3 is 1.91 bits per heavy atom. The average Bonchev–Trinajstić information content (AvgIpc) is 2.85. The highest BCUT2D eigenvalue weighted by Crippen LogP contribution is 2.51. The van der Waals surface area contributed by atoms with Crippen molar-refractivity contribution in [3.63, 3.8) is 0 Å². The molecule has 0 fully saturated rings. The number of carbonyl (C=O) groups is 1. The number of hydrogen-bond donors (Lipinski definition) is 0. The number of methoxy groups -OCH3 is 4. The van der Waals surface area contributed by atoms with Crippen molar-refractivity contribution in [2.45, 2.75) is 26.9 Å². The van der Waals surface area contributed by atoms with Crippen LogP contribution in [0.2, 0.25) is 0 Å². The minimum Gasteiger partial charge on any atom is -0.496 e. The lowest BCUT2D eigenvalue weighted by molar-refractivity contribution is 0.00279. The van der Waals surface area contributed by atoms with Gasteiger partial charge in [0.25, 0.3) is 0 Å². The van der Waals surface area contributed by atoms with Crippen molar-refractivity contribution in [2.24, 2.45) is 5.41 Å². The summed E-state index contributed by atoms with van der Waals surface area (Å²) >= 11 is 0. The van der Waals surface area contributed by atoms with Gasteiger partial charge in [-0.1, -0.05) is 37.6 Å². The summed E-state index contributed by atoms with van der Waals surface area (Å²) in [5, 5.41) is 1.36. The minimum absolute atomic E-state index is 0.446. The lowest BCUT2D eigenvalue weighted by Gasteiger charge is -2.33. The summed E-state index contributed by atoms with van der Waals surface area (Å²) in [4.78, 5) is 13.2. The zero-order valence-electron chi connectivity index (χ0n) is 20.9. The second-order valence-corrected chi connectivity index (χ2v) is 8.60. The molecule has 0 saturated carbocycles. The third kappa shape index (κ3) is 4.53. The molecule has 0 aliphatic carbocycles. The third-order valence-electron chi connectivity index (χ3n) is 6.01. The van der Waals surface area contributed by atoms with Crippen LogP contribution in [0.4, 0.5) is 0 Å². The SMILES string of the molecule is C=CC(C)(C)C(OC(=O)c1ccc(C)cc1)c1cc(OC)c2c(OC)ccc(OC)c2c1OC. The van der Waals surface area contributed by atoms with Crippen molar-refractivity contribution < 1.29 is 28.5 Å². The number of ether oxygens (including phenoxy) is 5. The van der Waals surface area contributed by atoms with Gasteiger partial charge in [0, 0.05) is 11.0 Å². The van der Waals surface area contributed by atoms with Gasteiger partial charge in [-0.15, -0.1) is 6.58 Å². The minimum atomic E-state index is -0.733. The van der Waals surface area contributed by atoms with Crippen molar-refractivity contribution >= 4 is 16.7 Å². The van der Waals surface area contributed by atoms with Crippen LogP contribution in [0.15, 0.2) is 55.1 Å². The summed E-state index contributed by atoms with van der Waals surface area (Å²) in [6.07, 6.45) is 1.03. The predicted molar refractivity (Wildman–Crippen MR) is 133 cm³/mol. The van der Waals surface area contributed by atoms with Crippen LogP contribution in [0.25, 0.3) is 10.8 Å². The fourth-order valence-corrected chi connectivity index (χ4v) is 3.96. The van der Waals surface area contributed by atoms with E-state index in [0.29, 0.717) is 44.9 Å². The summed E-state index contributed by atoms with van der Waals surface area (Å²) in [7, 11) is 6.33. The zero-order chi connectivity index (χ0) is 25.0. The number of aryl methyl sites for hydroxylation is 1. The first-order chi connectivity index (χ1) is 16.2. The number of fused-ring (bicyclic) bond motifs is 1. The molecular formula is C28H32O6. The summed E-state index contributed by atoms with van der Waals surface area (Å²) in [5.74, 6) is 1.78. The van der Waals surface area contributed by atoms with Crippen LogP contribution in [-0.4, -0.2) is 34.4 Å². The van der Waals surface area contributed by atoms with Gasteiger partial charge in [0.2, 0.25) is 0 Å². The maximum absolute atomic E-state index is 13.2. The van der Waals surface area contributed by atoms with E-state index in [-0.39, 0.29) is 0 Å². The standard InChI is InChI=1S/C28H32O6/c1-9-28(3,4)26(34-27(29)18-12-10-17(2)11-13-18)19-16-22(32-7)23-20(30-5)14-15-21(31-6)24(23)25(19)33-8/h9-16,26H,1H2,2-8H3. The molecule has 6 nitrogen and oxygen atoms in total. The Balaban J connectivity index is 2.30. The molecule has 1 atom stereocenters. The Labute approximate surface area is 201 Å². The number of esters is 1. The molecule has 0 N–H and O–H groups in total. The summed E-state index contributed by atoms with van der Waals surface area (Å²) in [6.45, 7) is 9.85. The van der Waals surface area contributed by atoms with Crippen molar-refractivity contribution in [1.29, 1.82) is 0 Å². The first-order valence-corrected chi connectivity index (χ1v) is 10.9. The van der Waals surface area contributed by atoms with Crippen molar-refractivity contribution in [2.75, 3.05) is 28.4 Å². The largest absolute Gasteiger partial charge is 0.496 e. The number of carbonyl (C=O) groups excluding carboxylic acids is 1. The van der Waals surface area contributed by atoms with Crippen LogP contribution in [-0.2, 0) is 4.74 Å². The monoisotopic (exact) mass is 464 g/mol. The van der Waals surface area contributed by atoms with E-state index in [0.717, 1.165) is 5.56 Å². The van der Waals surface area contributed by atoms with Crippen LogP contribution in [0, 0.1) is 12.3 Å². The molecule has 0 bridgehead atoms. The van der Waals surface area contributed by atoms with Gasteiger partial charge in [-0.05, 0) is 37.3 Å². The molecule has 1 unspecified atom stereocenters. The molecule has 0 aliphatic rings. The predicted octanol–water partition coefficient (Wildman–Crippen LogP) is 6.29. The third-order valence-corrected chi connectivity index (χ3v) is 6.01. The highest BCUT2D eigenvalue weighted by Gasteiger charge is 2.36. The molecule has 0 aliphatic heterocycles. The van der Waals surface area contributed by atoms with E-state index in [1.807, 2.05) is 45.0 Å². The fraction of sp³-hybridized carbons (Fsp3) is 0.321. The molecule has 3 rings (SSSR count). The van der Waals surface area contributed by atoms with Gasteiger partial charge >= 0.3 is 5.97 Å². The molecule has 34 heavy (non-hydrogen) atoms. The Morgan fingerprint density at radius 2 is 1.41 bits per heavy atom. The number of benzene rings is 3. The van der Waals surface area contributed by atoms with E-state index >= 15 is 0 Å². The van der Waals surface area contributed by atoms with Crippen LogP contribution >= 0.6 is 0 Å². The van der Waals surface area contributed by atoms with E-state index in [9.17, 15) is 4.79 Å². The molecule has 180 valence electrons. The Kier molecular flexibility index (Phi) is 7.40. The molecule has 3 aromatic carbocycles. The van der Waals surface area contributed by atoms with E-state index in [2.05, 4.69) is 6.58 Å². The van der Waals surface area contributed by atoms with Gasteiger partial charge in [-0.3, -0.25) is 0 Å². The fourth-order valence-electron chi connectivity index (χ4n) is 3.96. The van der Waals surface area contributed by atoms with Crippen LogP contribution < -0.4 is 18.9 Å². The first-order valence-electron chi connectivity index (χ1n) is 10.9. The van der Waals surface area contributed by atoms with E-state index < -0.39 is 17.5 Å². The summed E-state index contributed by atoms with van der Waals surface area (Å²) < 4.78 is 29.0. The van der Waals surface area contributed by atoms with Gasteiger partial charge in [0.05, 0.1) is 44.8 Å². The second kappa shape index (κ2) is 10.1. The summed E-state index contributed by atoms with van der Waals surface area (Å²) in [6, 6.07) is 12.7. The van der Waals surface area contributed by atoms with Gasteiger partial charge in [0.15, 0.2) is 0 Å². The Bertz CT molecular complexity index is 1190. The van der Waals surface area contributed by atoms with Crippen molar-refractivity contribution in [3.8, 4) is 23.0 Å². The molecule has 3 aromatic rings. The van der Waals surface area contributed by atoms with Gasteiger partial charge < -0.3 is 23.7 Å². The Morgan fingerprint density at radius 1 is 0.853 bits per heavy atom. The van der Waals surface area contributed by atoms with E-state index in [1.54, 1.807) is 52.7 Å². The Hall–Kier alpha value is -3.67. The molecule has 0 aromatic heterocycles. The number of hydrogen-bond acceptors (Lipinski definition) is 6. The van der Waals surface area contributed by atoms with Gasteiger partial charge in [-0.25, -0.2) is 4.79 Å². The normalized spacial score (nSPS) is 12.1. The zero-order valence-corrected chi connectivity index (χ0v) is 20.9. The van der Waals surface area contributed by atoms with Crippen LogP contribution in [0.3, 0.4) is 0 Å². The molecule has 6 heteroatoms. The van der Waals surface area contributed by atoms with Crippen molar-refractivity contribution in [1.82, 2.24) is 0 Å². The number of rotatable bonds is 9. The van der Waals surface area contributed by atoms with Crippen molar-refractivity contribution in [3.05, 3.63) is 71.8 Å². The topological polar surface area (TPSA) is 63.2 Å². The molecule has 0 radical (unpaired) electrons. The first kappa shape index (κ1) is 25.0. The maximum atomic E-state index is 13.2. The lowest BCUT2D eigenvalue weighted by Crippen LogP contribution is -2.26. The van der Waals surface area contributed by atoms with E-state index in [1.165, 1.54) is 0 Å². The highest BCUT2D eigenvalue weighted by molar-refractivity contribution is 6.03. The van der Waals surface area contributed by atoms with Gasteiger partial charge in [-0.2, -0.15) is 0 Å². The van der Waals surface area contributed by atoms with Crippen LogP contribution in [0.5, 0.6) is 23.0 Å². The average molecular weight is 465 g/mol. The molecule has 0 saturated heterocycles. The molecular weight excluding hydrogens is 432 g/mol. The van der Waals surface area contributed by atoms with Gasteiger partial charge in [0.1, 0.15) is 29.1 Å². The second-order valence-electron chi connectivity index (χ2n) is 8.60. The van der Waals surface area contributed by atoms with Crippen LogP contribution in [0.1, 0.15) is 41.4 Å². The maximum Gasteiger partial charge on any atom is 0.338 e. The lowest BCUT2D eigenvalue weighted by atomic mass is 9.81. The molecule has 0 amide bonds. The summed E-state index contributed by atoms with van der Waals surface area (Å²) in [5.41, 5.74) is 1.50. The quantitative estimate of drug-likeness (QED) is 0.274. The van der Waals surface area contributed by atoms with E-state index in [4.69, 9.17) is 23.7 Å². The molecule has 0 heterocycles. The molecule has 0 spiro atoms. The highest BCUT2D eigenvalue weighted by atomic mass is 16.5. The smallest absolute Gasteiger partial charge is 0.338 e.